The van der Waals surface area contributed by atoms with E-state index in [0.29, 0.717) is 0 Å². The van der Waals surface area contributed by atoms with E-state index in [0.717, 1.165) is 37.3 Å². The summed E-state index contributed by atoms with van der Waals surface area (Å²) in [7, 11) is 1.70. The van der Waals surface area contributed by atoms with Gasteiger partial charge >= 0.3 is 0 Å². The van der Waals surface area contributed by atoms with Crippen LogP contribution in [-0.2, 0) is 6.54 Å². The molecule has 3 heterocycles. The highest BCUT2D eigenvalue weighted by Crippen LogP contribution is 2.27. The van der Waals surface area contributed by atoms with Crippen molar-refractivity contribution in [2.24, 2.45) is 5.92 Å². The van der Waals surface area contributed by atoms with Crippen molar-refractivity contribution in [3.63, 3.8) is 0 Å². The van der Waals surface area contributed by atoms with Crippen molar-refractivity contribution in [3.05, 3.63) is 29.8 Å². The van der Waals surface area contributed by atoms with Gasteiger partial charge in [-0.05, 0) is 69.1 Å². The standard InChI is InChI=1S/C18H29N3O/c1-22-17-5-3-15(4-6-17)13-19-9-2-10-20-18-14-21-11-7-16(18)8-12-21/h3-6,16,18-20H,2,7-14H2,1H3. The summed E-state index contributed by atoms with van der Waals surface area (Å²) in [6.07, 6.45) is 3.99. The predicted octanol–water partition coefficient (Wildman–Crippen LogP) is 1.86. The molecule has 3 fully saturated rings. The number of ether oxygens (including phenoxy) is 1. The molecular weight excluding hydrogens is 274 g/mol. The van der Waals surface area contributed by atoms with Gasteiger partial charge in [-0.2, -0.15) is 0 Å². The molecule has 22 heavy (non-hydrogen) atoms. The summed E-state index contributed by atoms with van der Waals surface area (Å²) in [4.78, 5) is 2.61. The van der Waals surface area contributed by atoms with E-state index in [9.17, 15) is 0 Å². The molecule has 1 unspecified atom stereocenters. The van der Waals surface area contributed by atoms with Gasteiger partial charge in [0.2, 0.25) is 0 Å². The van der Waals surface area contributed by atoms with Crippen LogP contribution >= 0.6 is 0 Å². The van der Waals surface area contributed by atoms with Crippen molar-refractivity contribution in [2.45, 2.75) is 31.8 Å². The topological polar surface area (TPSA) is 36.5 Å². The number of piperidine rings is 3. The Hall–Kier alpha value is -1.10. The Bertz CT molecular complexity index is 440. The van der Waals surface area contributed by atoms with E-state index in [1.807, 2.05) is 12.1 Å². The van der Waals surface area contributed by atoms with Crippen LogP contribution in [0.2, 0.25) is 0 Å². The Morgan fingerprint density at radius 3 is 2.55 bits per heavy atom. The van der Waals surface area contributed by atoms with E-state index < -0.39 is 0 Å². The highest BCUT2D eigenvalue weighted by Gasteiger charge is 2.33. The molecule has 0 radical (unpaired) electrons. The van der Waals surface area contributed by atoms with Crippen molar-refractivity contribution in [3.8, 4) is 5.75 Å². The fourth-order valence-electron chi connectivity index (χ4n) is 3.67. The van der Waals surface area contributed by atoms with Crippen LogP contribution in [0.15, 0.2) is 24.3 Å². The van der Waals surface area contributed by atoms with E-state index in [2.05, 4.69) is 27.7 Å². The zero-order valence-electron chi connectivity index (χ0n) is 13.7. The normalized spacial score (nSPS) is 27.0. The van der Waals surface area contributed by atoms with Crippen LogP contribution in [0, 0.1) is 5.92 Å². The van der Waals surface area contributed by atoms with Gasteiger partial charge in [0.25, 0.3) is 0 Å². The first-order valence-electron chi connectivity index (χ1n) is 8.64. The average molecular weight is 303 g/mol. The van der Waals surface area contributed by atoms with Crippen molar-refractivity contribution in [1.29, 1.82) is 0 Å². The molecule has 122 valence electrons. The van der Waals surface area contributed by atoms with Crippen LogP contribution in [0.3, 0.4) is 0 Å². The van der Waals surface area contributed by atoms with Crippen LogP contribution in [0.5, 0.6) is 5.75 Å². The first-order valence-corrected chi connectivity index (χ1v) is 8.64. The lowest BCUT2D eigenvalue weighted by atomic mass is 9.84. The Balaban J connectivity index is 1.26. The maximum absolute atomic E-state index is 5.17. The Morgan fingerprint density at radius 1 is 1.14 bits per heavy atom. The Labute approximate surface area is 134 Å². The number of rotatable bonds is 8. The molecule has 4 rings (SSSR count). The summed E-state index contributed by atoms with van der Waals surface area (Å²) < 4.78 is 5.17. The molecular formula is C18H29N3O. The summed E-state index contributed by atoms with van der Waals surface area (Å²) in [5.41, 5.74) is 1.31. The van der Waals surface area contributed by atoms with Crippen LogP contribution in [0.4, 0.5) is 0 Å². The highest BCUT2D eigenvalue weighted by atomic mass is 16.5. The minimum absolute atomic E-state index is 0.740. The van der Waals surface area contributed by atoms with Gasteiger partial charge in [-0.15, -0.1) is 0 Å². The third kappa shape index (κ3) is 4.22. The molecule has 0 aliphatic carbocycles. The minimum atomic E-state index is 0.740. The number of nitrogens with one attached hydrogen (secondary N) is 2. The largest absolute Gasteiger partial charge is 0.497 e. The lowest BCUT2D eigenvalue weighted by Crippen LogP contribution is -2.56. The summed E-state index contributed by atoms with van der Waals surface area (Å²) in [6.45, 7) is 7.05. The van der Waals surface area contributed by atoms with Crippen molar-refractivity contribution in [1.82, 2.24) is 15.5 Å². The molecule has 1 aromatic carbocycles. The van der Waals surface area contributed by atoms with E-state index in [4.69, 9.17) is 4.74 Å². The molecule has 1 aromatic rings. The van der Waals surface area contributed by atoms with E-state index in [-0.39, 0.29) is 0 Å². The molecule has 3 aliphatic rings. The van der Waals surface area contributed by atoms with Gasteiger partial charge in [-0.3, -0.25) is 0 Å². The quantitative estimate of drug-likeness (QED) is 0.719. The predicted molar refractivity (Wildman–Crippen MR) is 90.3 cm³/mol. The number of benzene rings is 1. The second kappa shape index (κ2) is 7.95. The number of fused-ring (bicyclic) bond motifs is 3. The van der Waals surface area contributed by atoms with Crippen molar-refractivity contribution >= 4 is 0 Å². The monoisotopic (exact) mass is 303 g/mol. The second-order valence-corrected chi connectivity index (χ2v) is 6.58. The van der Waals surface area contributed by atoms with Crippen molar-refractivity contribution < 1.29 is 4.74 Å². The zero-order chi connectivity index (χ0) is 15.2. The summed E-state index contributed by atoms with van der Waals surface area (Å²) in [6, 6.07) is 9.02. The first-order chi connectivity index (χ1) is 10.8. The van der Waals surface area contributed by atoms with Gasteiger partial charge in [0.15, 0.2) is 0 Å². The van der Waals surface area contributed by atoms with E-state index in [1.165, 1.54) is 44.5 Å². The molecule has 0 amide bonds. The van der Waals surface area contributed by atoms with E-state index >= 15 is 0 Å². The number of methoxy groups -OCH3 is 1. The SMILES string of the molecule is COc1ccc(CNCCCNC2CN3CCC2CC3)cc1. The smallest absolute Gasteiger partial charge is 0.118 e. The highest BCUT2D eigenvalue weighted by molar-refractivity contribution is 5.26. The molecule has 3 aliphatic heterocycles. The fraction of sp³-hybridized carbons (Fsp3) is 0.667. The molecule has 4 nitrogen and oxygen atoms in total. The maximum atomic E-state index is 5.17. The first kappa shape index (κ1) is 15.8. The zero-order valence-corrected chi connectivity index (χ0v) is 13.7. The maximum Gasteiger partial charge on any atom is 0.118 e. The lowest BCUT2D eigenvalue weighted by Gasteiger charge is -2.45. The molecule has 2 N–H and O–H groups in total. The second-order valence-electron chi connectivity index (χ2n) is 6.58. The van der Waals surface area contributed by atoms with Gasteiger partial charge in [-0.25, -0.2) is 0 Å². The molecule has 1 atom stereocenters. The third-order valence-corrected chi connectivity index (χ3v) is 5.08. The molecule has 4 heteroatoms. The minimum Gasteiger partial charge on any atom is -0.497 e. The molecule has 3 saturated heterocycles. The van der Waals surface area contributed by atoms with Gasteiger partial charge in [0, 0.05) is 19.1 Å². The van der Waals surface area contributed by atoms with Crippen LogP contribution in [0.25, 0.3) is 0 Å². The van der Waals surface area contributed by atoms with Crippen LogP contribution in [-0.4, -0.2) is 50.8 Å². The van der Waals surface area contributed by atoms with Crippen LogP contribution < -0.4 is 15.4 Å². The van der Waals surface area contributed by atoms with Gasteiger partial charge in [0.05, 0.1) is 7.11 Å². The van der Waals surface area contributed by atoms with Crippen molar-refractivity contribution in [2.75, 3.05) is 39.8 Å². The Morgan fingerprint density at radius 2 is 1.91 bits per heavy atom. The molecule has 0 aromatic heterocycles. The van der Waals surface area contributed by atoms with Crippen LogP contribution in [0.1, 0.15) is 24.8 Å². The fourth-order valence-corrected chi connectivity index (χ4v) is 3.67. The van der Waals surface area contributed by atoms with Gasteiger partial charge < -0.3 is 20.3 Å². The van der Waals surface area contributed by atoms with Gasteiger partial charge in [0.1, 0.15) is 5.75 Å². The molecule has 0 spiro atoms. The number of hydrogen-bond donors (Lipinski definition) is 2. The summed E-state index contributed by atoms with van der Waals surface area (Å²) in [5.74, 6) is 1.85. The molecule has 2 bridgehead atoms. The number of hydrogen-bond acceptors (Lipinski definition) is 4. The third-order valence-electron chi connectivity index (χ3n) is 5.08. The average Bonchev–Trinajstić information content (AvgIpc) is 2.59. The Kier molecular flexibility index (Phi) is 5.70. The van der Waals surface area contributed by atoms with Gasteiger partial charge in [-0.1, -0.05) is 12.1 Å². The lowest BCUT2D eigenvalue weighted by molar-refractivity contribution is 0.0728. The summed E-state index contributed by atoms with van der Waals surface area (Å²) >= 11 is 0. The number of nitrogens with zero attached hydrogens (tertiary/aromatic N) is 1. The molecule has 0 saturated carbocycles. The van der Waals surface area contributed by atoms with E-state index in [1.54, 1.807) is 7.11 Å². The summed E-state index contributed by atoms with van der Waals surface area (Å²) in [5, 5.41) is 7.29.